The predicted octanol–water partition coefficient (Wildman–Crippen LogP) is 1.69. The van der Waals surface area contributed by atoms with Crippen LogP contribution in [-0.2, 0) is 4.79 Å². The summed E-state index contributed by atoms with van der Waals surface area (Å²) in [5.74, 6) is -0.845. The second-order valence-corrected chi connectivity index (χ2v) is 3.58. The van der Waals surface area contributed by atoms with E-state index in [-0.39, 0.29) is 18.4 Å². The van der Waals surface area contributed by atoms with Gasteiger partial charge in [0.1, 0.15) is 6.04 Å². The number of halogens is 1. The highest BCUT2D eigenvalue weighted by Gasteiger charge is 2.15. The Bertz CT molecular complexity index is 279. The number of rotatable bonds is 4. The molecule has 0 fully saturated rings. The average molecular weight is 237 g/mol. The van der Waals surface area contributed by atoms with Crippen molar-refractivity contribution < 1.29 is 9.90 Å². The van der Waals surface area contributed by atoms with Crippen molar-refractivity contribution in [2.24, 2.45) is 0 Å². The van der Waals surface area contributed by atoms with Gasteiger partial charge in [0, 0.05) is 11.4 Å². The van der Waals surface area contributed by atoms with Crippen LogP contribution in [0, 0.1) is 0 Å². The first kappa shape index (κ1) is 13.4. The molecule has 0 saturated carbocycles. The molecule has 6 heteroatoms. The minimum atomic E-state index is -0.845. The van der Waals surface area contributed by atoms with Crippen LogP contribution in [0.3, 0.4) is 0 Å². The lowest BCUT2D eigenvalue weighted by molar-refractivity contribution is -0.139. The van der Waals surface area contributed by atoms with Crippen LogP contribution in [0.1, 0.15) is 25.6 Å². The van der Waals surface area contributed by atoms with Crippen molar-refractivity contribution in [3.8, 4) is 0 Å². The smallest absolute Gasteiger partial charge is 0.320 e. The highest BCUT2D eigenvalue weighted by atomic mass is 35.5. The number of carboxylic acids is 1. The van der Waals surface area contributed by atoms with E-state index in [4.69, 9.17) is 5.11 Å². The Morgan fingerprint density at radius 2 is 2.29 bits per heavy atom. The number of hydrogen-bond donors (Lipinski definition) is 2. The van der Waals surface area contributed by atoms with E-state index in [1.807, 2.05) is 12.3 Å². The van der Waals surface area contributed by atoms with E-state index in [0.717, 1.165) is 5.69 Å². The Balaban J connectivity index is 0.00000169. The molecular weight excluding hydrogens is 224 g/mol. The second kappa shape index (κ2) is 5.95. The highest BCUT2D eigenvalue weighted by Crippen LogP contribution is 2.12. The second-order valence-electron chi connectivity index (χ2n) is 2.86. The molecule has 1 rings (SSSR count). The van der Waals surface area contributed by atoms with Crippen LogP contribution in [0.5, 0.6) is 0 Å². The molecule has 2 N–H and O–H groups in total. The number of thiazole rings is 1. The van der Waals surface area contributed by atoms with Crippen LogP contribution in [0.15, 0.2) is 10.9 Å². The van der Waals surface area contributed by atoms with Gasteiger partial charge in [-0.25, -0.2) is 4.98 Å². The molecule has 2 unspecified atom stereocenters. The number of aliphatic carboxylic acids is 1. The van der Waals surface area contributed by atoms with Gasteiger partial charge < -0.3 is 5.11 Å². The summed E-state index contributed by atoms with van der Waals surface area (Å²) in [5, 5.41) is 13.5. The minimum Gasteiger partial charge on any atom is -0.480 e. The van der Waals surface area contributed by atoms with Crippen molar-refractivity contribution in [1.82, 2.24) is 10.3 Å². The van der Waals surface area contributed by atoms with E-state index in [1.165, 1.54) is 11.3 Å². The van der Waals surface area contributed by atoms with Gasteiger partial charge in [-0.2, -0.15) is 0 Å². The van der Waals surface area contributed by atoms with E-state index in [1.54, 1.807) is 12.4 Å². The van der Waals surface area contributed by atoms with Crippen molar-refractivity contribution in [3.05, 3.63) is 16.6 Å². The molecule has 0 aliphatic carbocycles. The third-order valence-corrected chi connectivity index (χ3v) is 2.37. The average Bonchev–Trinajstić information content (AvgIpc) is 2.55. The zero-order valence-corrected chi connectivity index (χ0v) is 9.56. The number of carboxylic acid groups (broad SMARTS) is 1. The summed E-state index contributed by atoms with van der Waals surface area (Å²) in [4.78, 5) is 14.6. The Morgan fingerprint density at radius 3 is 2.71 bits per heavy atom. The van der Waals surface area contributed by atoms with Gasteiger partial charge >= 0.3 is 5.97 Å². The first-order valence-electron chi connectivity index (χ1n) is 3.98. The molecule has 1 heterocycles. The van der Waals surface area contributed by atoms with Gasteiger partial charge in [0.25, 0.3) is 0 Å². The van der Waals surface area contributed by atoms with Gasteiger partial charge in [0.05, 0.1) is 11.2 Å². The predicted molar refractivity (Wildman–Crippen MR) is 58.0 cm³/mol. The maximum Gasteiger partial charge on any atom is 0.320 e. The van der Waals surface area contributed by atoms with Crippen LogP contribution >= 0.6 is 23.7 Å². The number of hydrogen-bond acceptors (Lipinski definition) is 4. The van der Waals surface area contributed by atoms with Crippen LogP contribution in [0.2, 0.25) is 0 Å². The Kier molecular flexibility index (Phi) is 5.68. The van der Waals surface area contributed by atoms with Gasteiger partial charge in [-0.1, -0.05) is 0 Å². The van der Waals surface area contributed by atoms with E-state index >= 15 is 0 Å². The number of carbonyl (C=O) groups is 1. The molecule has 1 aromatic heterocycles. The van der Waals surface area contributed by atoms with Crippen molar-refractivity contribution in [1.29, 1.82) is 0 Å². The fraction of sp³-hybridized carbons (Fsp3) is 0.500. The third-order valence-electron chi connectivity index (χ3n) is 1.77. The molecule has 0 amide bonds. The fourth-order valence-electron chi connectivity index (χ4n) is 0.967. The van der Waals surface area contributed by atoms with Crippen molar-refractivity contribution in [2.45, 2.75) is 25.9 Å². The molecule has 4 nitrogen and oxygen atoms in total. The zero-order chi connectivity index (χ0) is 9.84. The summed E-state index contributed by atoms with van der Waals surface area (Å²) < 4.78 is 0. The quantitative estimate of drug-likeness (QED) is 0.835. The first-order chi connectivity index (χ1) is 6.11. The lowest BCUT2D eigenvalue weighted by Gasteiger charge is -2.14. The maximum absolute atomic E-state index is 10.5. The van der Waals surface area contributed by atoms with E-state index in [0.29, 0.717) is 0 Å². The Hall–Kier alpha value is -0.650. The SMILES string of the molecule is CC(NC(C)c1cscn1)C(=O)O.Cl. The van der Waals surface area contributed by atoms with Crippen LogP contribution in [0.4, 0.5) is 0 Å². The summed E-state index contributed by atoms with van der Waals surface area (Å²) in [6.45, 7) is 3.51. The fourth-order valence-corrected chi connectivity index (χ4v) is 1.62. The van der Waals surface area contributed by atoms with Crippen LogP contribution in [-0.4, -0.2) is 22.1 Å². The Morgan fingerprint density at radius 1 is 1.64 bits per heavy atom. The van der Waals surface area contributed by atoms with Crippen LogP contribution < -0.4 is 5.32 Å². The standard InChI is InChI=1S/C8H12N2O2S.ClH/c1-5(7-3-13-4-9-7)10-6(2)8(11)12;/h3-6,10H,1-2H3,(H,11,12);1H. The normalized spacial score (nSPS) is 14.1. The van der Waals surface area contributed by atoms with Gasteiger partial charge in [0.15, 0.2) is 0 Å². The number of nitrogens with one attached hydrogen (secondary N) is 1. The van der Waals surface area contributed by atoms with Crippen LogP contribution in [0.25, 0.3) is 0 Å². The van der Waals surface area contributed by atoms with Crippen molar-refractivity contribution in [2.75, 3.05) is 0 Å². The van der Waals surface area contributed by atoms with E-state index < -0.39 is 12.0 Å². The highest BCUT2D eigenvalue weighted by molar-refractivity contribution is 7.07. The molecule has 0 spiro atoms. The van der Waals surface area contributed by atoms with Gasteiger partial charge in [0.2, 0.25) is 0 Å². The maximum atomic E-state index is 10.5. The molecule has 0 aromatic carbocycles. The molecule has 14 heavy (non-hydrogen) atoms. The lowest BCUT2D eigenvalue weighted by atomic mass is 10.2. The van der Waals surface area contributed by atoms with Gasteiger partial charge in [-0.3, -0.25) is 10.1 Å². The molecule has 80 valence electrons. The third kappa shape index (κ3) is 3.61. The monoisotopic (exact) mass is 236 g/mol. The molecule has 0 saturated heterocycles. The summed E-state index contributed by atoms with van der Waals surface area (Å²) in [7, 11) is 0. The minimum absolute atomic E-state index is 0. The van der Waals surface area contributed by atoms with Crippen molar-refractivity contribution in [3.63, 3.8) is 0 Å². The number of aromatic nitrogens is 1. The molecular formula is C8H13ClN2O2S. The topological polar surface area (TPSA) is 62.2 Å². The summed E-state index contributed by atoms with van der Waals surface area (Å²) in [6, 6.07) is -0.561. The molecule has 0 radical (unpaired) electrons. The summed E-state index contributed by atoms with van der Waals surface area (Å²) in [5.41, 5.74) is 2.62. The molecule has 0 aliphatic heterocycles. The summed E-state index contributed by atoms with van der Waals surface area (Å²) in [6.07, 6.45) is 0. The molecule has 2 atom stereocenters. The molecule has 1 aromatic rings. The number of nitrogens with zero attached hydrogens (tertiary/aromatic N) is 1. The van der Waals surface area contributed by atoms with Gasteiger partial charge in [-0.15, -0.1) is 23.7 Å². The van der Waals surface area contributed by atoms with Gasteiger partial charge in [-0.05, 0) is 13.8 Å². The van der Waals surface area contributed by atoms with E-state index in [2.05, 4.69) is 10.3 Å². The molecule has 0 aliphatic rings. The first-order valence-corrected chi connectivity index (χ1v) is 4.92. The lowest BCUT2D eigenvalue weighted by Crippen LogP contribution is -2.35. The van der Waals surface area contributed by atoms with Crippen molar-refractivity contribution >= 4 is 29.7 Å². The van der Waals surface area contributed by atoms with E-state index in [9.17, 15) is 4.79 Å². The molecule has 0 bridgehead atoms. The Labute approximate surface area is 92.8 Å². The zero-order valence-electron chi connectivity index (χ0n) is 7.93. The largest absolute Gasteiger partial charge is 0.480 e. The summed E-state index contributed by atoms with van der Waals surface area (Å²) >= 11 is 1.50.